The van der Waals surface area contributed by atoms with Crippen LogP contribution in [0.5, 0.6) is 0 Å². The summed E-state index contributed by atoms with van der Waals surface area (Å²) in [5.41, 5.74) is 6.05. The van der Waals surface area contributed by atoms with Gasteiger partial charge in [0.1, 0.15) is 0 Å². The second-order valence-electron chi connectivity index (χ2n) is 5.26. The molecule has 5 nitrogen and oxygen atoms in total. The number of nitrogen functional groups attached to an aromatic ring is 1. The van der Waals surface area contributed by atoms with Crippen molar-refractivity contribution in [3.8, 4) is 0 Å². The number of nitrogens with zero attached hydrogens (tertiary/aromatic N) is 1. The van der Waals surface area contributed by atoms with E-state index in [4.69, 9.17) is 5.73 Å². The minimum absolute atomic E-state index is 0.0256. The van der Waals surface area contributed by atoms with Gasteiger partial charge in [-0.05, 0) is 31.6 Å². The zero-order chi connectivity index (χ0) is 14.2. The predicted molar refractivity (Wildman–Crippen MR) is 77.6 cm³/mol. The quantitative estimate of drug-likeness (QED) is 0.892. The van der Waals surface area contributed by atoms with Crippen LogP contribution in [-0.4, -0.2) is 19.4 Å². The Morgan fingerprint density at radius 2 is 2.16 bits per heavy atom. The summed E-state index contributed by atoms with van der Waals surface area (Å²) in [6.07, 6.45) is 3.10. The molecule has 2 rings (SSSR count). The molecule has 0 spiro atoms. The summed E-state index contributed by atoms with van der Waals surface area (Å²) in [5, 5.41) is 0.295. The first kappa shape index (κ1) is 14.7. The molecule has 0 amide bonds. The van der Waals surface area contributed by atoms with Gasteiger partial charge < -0.3 is 5.73 Å². The van der Waals surface area contributed by atoms with Crippen LogP contribution < -0.4 is 10.5 Å². The van der Waals surface area contributed by atoms with Gasteiger partial charge >= 0.3 is 0 Å². The van der Waals surface area contributed by atoms with Crippen LogP contribution in [0.15, 0.2) is 4.21 Å². The normalized spacial score (nSPS) is 27.8. The Bertz CT molecular complexity index is 553. The second kappa shape index (κ2) is 5.38. The molecular formula is C12H21N3O2S2. The number of sulfonamides is 1. The molecule has 1 fully saturated rings. The number of aryl methyl sites for hydroxylation is 1. The largest absolute Gasteiger partial charge is 0.375 e. The SMILES string of the molecule is CCC1CCC(NS(=O)(=O)c2sc(N)nc2C)C1C. The van der Waals surface area contributed by atoms with Crippen molar-refractivity contribution < 1.29 is 8.42 Å². The Kier molecular flexibility index (Phi) is 4.17. The van der Waals surface area contributed by atoms with E-state index in [9.17, 15) is 8.42 Å². The molecule has 0 bridgehead atoms. The minimum atomic E-state index is -3.49. The fourth-order valence-corrected chi connectivity index (χ4v) is 5.57. The summed E-state index contributed by atoms with van der Waals surface area (Å²) in [6, 6.07) is 0.0256. The summed E-state index contributed by atoms with van der Waals surface area (Å²) >= 11 is 1.03. The number of anilines is 1. The molecule has 0 radical (unpaired) electrons. The number of thiazole rings is 1. The molecule has 3 unspecified atom stereocenters. The molecule has 0 aliphatic heterocycles. The zero-order valence-corrected chi connectivity index (χ0v) is 13.1. The van der Waals surface area contributed by atoms with Crippen LogP contribution >= 0.6 is 11.3 Å². The number of nitrogens with one attached hydrogen (secondary N) is 1. The lowest BCUT2D eigenvalue weighted by molar-refractivity contribution is 0.368. The Morgan fingerprint density at radius 3 is 2.63 bits per heavy atom. The smallest absolute Gasteiger partial charge is 0.252 e. The topological polar surface area (TPSA) is 85.1 Å². The van der Waals surface area contributed by atoms with Gasteiger partial charge in [0.05, 0.1) is 5.69 Å². The molecule has 0 aromatic carbocycles. The third kappa shape index (κ3) is 2.93. The lowest BCUT2D eigenvalue weighted by Crippen LogP contribution is -2.37. The molecule has 1 aromatic rings. The maximum atomic E-state index is 12.4. The average Bonchev–Trinajstić information content (AvgIpc) is 2.83. The molecule has 1 heterocycles. The molecule has 7 heteroatoms. The summed E-state index contributed by atoms with van der Waals surface area (Å²) < 4.78 is 27.8. The van der Waals surface area contributed by atoms with Crippen LogP contribution in [0.4, 0.5) is 5.13 Å². The Balaban J connectivity index is 2.17. The van der Waals surface area contributed by atoms with E-state index in [1.54, 1.807) is 6.92 Å². The van der Waals surface area contributed by atoms with Gasteiger partial charge in [-0.1, -0.05) is 31.6 Å². The molecule has 3 atom stereocenters. The number of hydrogen-bond acceptors (Lipinski definition) is 5. The van der Waals surface area contributed by atoms with Crippen molar-refractivity contribution >= 4 is 26.5 Å². The van der Waals surface area contributed by atoms with Crippen LogP contribution in [0, 0.1) is 18.8 Å². The van der Waals surface area contributed by atoms with Gasteiger partial charge in [0.2, 0.25) is 0 Å². The molecule has 1 aliphatic rings. The highest BCUT2D eigenvalue weighted by molar-refractivity contribution is 7.91. The highest BCUT2D eigenvalue weighted by atomic mass is 32.2. The maximum absolute atomic E-state index is 12.4. The molecule has 0 saturated heterocycles. The lowest BCUT2D eigenvalue weighted by atomic mass is 9.94. The van der Waals surface area contributed by atoms with E-state index in [0.717, 1.165) is 30.6 Å². The van der Waals surface area contributed by atoms with Gasteiger partial charge in [0, 0.05) is 6.04 Å². The van der Waals surface area contributed by atoms with Gasteiger partial charge in [0.25, 0.3) is 10.0 Å². The Hall–Kier alpha value is -0.660. The van der Waals surface area contributed by atoms with Crippen LogP contribution in [0.1, 0.15) is 38.8 Å². The van der Waals surface area contributed by atoms with Crippen molar-refractivity contribution in [3.05, 3.63) is 5.69 Å². The summed E-state index contributed by atoms with van der Waals surface area (Å²) in [5.74, 6) is 0.991. The first-order chi connectivity index (χ1) is 8.85. The predicted octanol–water partition coefficient (Wildman–Crippen LogP) is 2.14. The second-order valence-corrected chi connectivity index (χ2v) is 8.20. The van der Waals surface area contributed by atoms with Crippen molar-refractivity contribution in [2.75, 3.05) is 5.73 Å². The van der Waals surface area contributed by atoms with E-state index in [1.165, 1.54) is 0 Å². The van der Waals surface area contributed by atoms with Gasteiger partial charge in [-0.2, -0.15) is 0 Å². The minimum Gasteiger partial charge on any atom is -0.375 e. The first-order valence-electron chi connectivity index (χ1n) is 6.60. The number of rotatable bonds is 4. The van der Waals surface area contributed by atoms with Crippen LogP contribution in [-0.2, 0) is 10.0 Å². The van der Waals surface area contributed by atoms with Crippen molar-refractivity contribution in [1.29, 1.82) is 0 Å². The molecule has 1 saturated carbocycles. The molecule has 19 heavy (non-hydrogen) atoms. The third-order valence-corrected chi connectivity index (χ3v) is 7.16. The highest BCUT2D eigenvalue weighted by Crippen LogP contribution is 2.35. The average molecular weight is 303 g/mol. The molecule has 1 aliphatic carbocycles. The van der Waals surface area contributed by atoms with Gasteiger partial charge in [0.15, 0.2) is 9.34 Å². The van der Waals surface area contributed by atoms with Crippen LogP contribution in [0.2, 0.25) is 0 Å². The molecular weight excluding hydrogens is 282 g/mol. The standard InChI is InChI=1S/C12H21N3O2S2/c1-4-9-5-6-10(7(9)2)15-19(16,17)11-8(3)14-12(13)18-11/h7,9-10,15H,4-6H2,1-3H3,(H2,13,14). The van der Waals surface area contributed by atoms with E-state index in [2.05, 4.69) is 23.6 Å². The summed E-state index contributed by atoms with van der Waals surface area (Å²) in [7, 11) is -3.49. The highest BCUT2D eigenvalue weighted by Gasteiger charge is 2.35. The monoisotopic (exact) mass is 303 g/mol. The van der Waals surface area contributed by atoms with Crippen molar-refractivity contribution in [3.63, 3.8) is 0 Å². The Morgan fingerprint density at radius 1 is 1.47 bits per heavy atom. The number of aromatic nitrogens is 1. The van der Waals surface area contributed by atoms with Gasteiger partial charge in [-0.15, -0.1) is 0 Å². The summed E-state index contributed by atoms with van der Waals surface area (Å²) in [4.78, 5) is 3.98. The number of nitrogens with two attached hydrogens (primary N) is 1. The van der Waals surface area contributed by atoms with Gasteiger partial charge in [-0.3, -0.25) is 0 Å². The lowest BCUT2D eigenvalue weighted by Gasteiger charge is -2.20. The Labute approximate surface area is 118 Å². The fraction of sp³-hybridized carbons (Fsp3) is 0.750. The zero-order valence-electron chi connectivity index (χ0n) is 11.5. The van der Waals surface area contributed by atoms with Crippen LogP contribution in [0.3, 0.4) is 0 Å². The molecule has 1 aromatic heterocycles. The van der Waals surface area contributed by atoms with E-state index >= 15 is 0 Å². The van der Waals surface area contributed by atoms with E-state index < -0.39 is 10.0 Å². The van der Waals surface area contributed by atoms with E-state index in [-0.39, 0.29) is 10.3 Å². The van der Waals surface area contributed by atoms with E-state index in [1.807, 2.05) is 0 Å². The number of hydrogen-bond donors (Lipinski definition) is 2. The summed E-state index contributed by atoms with van der Waals surface area (Å²) in [6.45, 7) is 5.96. The maximum Gasteiger partial charge on any atom is 0.252 e. The van der Waals surface area contributed by atoms with Gasteiger partial charge in [-0.25, -0.2) is 18.1 Å². The van der Waals surface area contributed by atoms with Crippen molar-refractivity contribution in [2.45, 2.75) is 50.3 Å². The molecule has 3 N–H and O–H groups in total. The fourth-order valence-electron chi connectivity index (χ4n) is 2.89. The van der Waals surface area contributed by atoms with Crippen LogP contribution in [0.25, 0.3) is 0 Å². The van der Waals surface area contributed by atoms with Crippen molar-refractivity contribution in [2.24, 2.45) is 11.8 Å². The first-order valence-corrected chi connectivity index (χ1v) is 8.90. The van der Waals surface area contributed by atoms with Crippen molar-refractivity contribution in [1.82, 2.24) is 9.71 Å². The van der Waals surface area contributed by atoms with E-state index in [0.29, 0.717) is 22.7 Å². The molecule has 108 valence electrons. The third-order valence-electron chi connectivity index (χ3n) is 4.07.